The van der Waals surface area contributed by atoms with Crippen molar-refractivity contribution in [3.8, 4) is 5.75 Å². The predicted molar refractivity (Wildman–Crippen MR) is 93.5 cm³/mol. The summed E-state index contributed by atoms with van der Waals surface area (Å²) in [6.07, 6.45) is -0.0876. The number of methoxy groups -OCH3 is 1. The van der Waals surface area contributed by atoms with E-state index in [1.54, 1.807) is 18.1 Å². The zero-order valence-corrected chi connectivity index (χ0v) is 14.0. The van der Waals surface area contributed by atoms with Crippen molar-refractivity contribution in [2.24, 2.45) is 0 Å². The van der Waals surface area contributed by atoms with Gasteiger partial charge < -0.3 is 19.7 Å². The first-order chi connectivity index (χ1) is 11.7. The van der Waals surface area contributed by atoms with E-state index in [4.69, 9.17) is 9.47 Å². The Hall–Kier alpha value is -2.53. The van der Waals surface area contributed by atoms with Crippen LogP contribution in [-0.2, 0) is 4.74 Å². The molecule has 3 rings (SSSR count). The molecule has 0 radical (unpaired) electrons. The van der Waals surface area contributed by atoms with E-state index in [1.807, 2.05) is 18.2 Å². The van der Waals surface area contributed by atoms with Crippen LogP contribution in [0.3, 0.4) is 0 Å². The Morgan fingerprint density at radius 3 is 2.79 bits per heavy atom. The van der Waals surface area contributed by atoms with Crippen LogP contribution in [0.25, 0.3) is 0 Å². The molecule has 0 bridgehead atoms. The standard InChI is InChI=1S/C19H22N2O3/c1-14-6-8-15(9-7-14)18-13-21(10-11-24-18)19(22)20-16-4-3-5-17(12-16)23-2/h3-9,12,18H,10-11,13H2,1-2H3,(H,20,22). The van der Waals surface area contributed by atoms with Crippen molar-refractivity contribution >= 4 is 11.7 Å². The number of hydrogen-bond acceptors (Lipinski definition) is 3. The Morgan fingerprint density at radius 1 is 1.25 bits per heavy atom. The Morgan fingerprint density at radius 2 is 2.04 bits per heavy atom. The molecule has 1 N–H and O–H groups in total. The van der Waals surface area contributed by atoms with Crippen LogP contribution in [-0.4, -0.2) is 37.7 Å². The normalized spacial score (nSPS) is 17.4. The monoisotopic (exact) mass is 326 g/mol. The molecular formula is C19H22N2O3. The molecule has 1 atom stereocenters. The van der Waals surface area contributed by atoms with Crippen molar-refractivity contribution in [2.45, 2.75) is 13.0 Å². The second kappa shape index (κ2) is 7.36. The summed E-state index contributed by atoms with van der Waals surface area (Å²) in [5.41, 5.74) is 3.03. The van der Waals surface area contributed by atoms with Crippen LogP contribution < -0.4 is 10.1 Å². The average molecular weight is 326 g/mol. The van der Waals surface area contributed by atoms with E-state index in [2.05, 4.69) is 36.5 Å². The highest BCUT2D eigenvalue weighted by atomic mass is 16.5. The topological polar surface area (TPSA) is 50.8 Å². The minimum Gasteiger partial charge on any atom is -0.497 e. The SMILES string of the molecule is COc1cccc(NC(=O)N2CCOC(c3ccc(C)cc3)C2)c1. The molecule has 0 aromatic heterocycles. The van der Waals surface area contributed by atoms with Gasteiger partial charge in [0.15, 0.2) is 0 Å². The number of carbonyl (C=O) groups excluding carboxylic acids is 1. The largest absolute Gasteiger partial charge is 0.497 e. The third-order valence-electron chi connectivity index (χ3n) is 4.12. The minimum atomic E-state index is -0.122. The number of urea groups is 1. The van der Waals surface area contributed by atoms with Gasteiger partial charge in [-0.05, 0) is 24.6 Å². The molecule has 1 heterocycles. The second-order valence-corrected chi connectivity index (χ2v) is 5.88. The van der Waals surface area contributed by atoms with Gasteiger partial charge >= 0.3 is 6.03 Å². The van der Waals surface area contributed by atoms with Gasteiger partial charge in [0.05, 0.1) is 20.3 Å². The molecule has 1 aliphatic heterocycles. The zero-order valence-electron chi connectivity index (χ0n) is 14.0. The van der Waals surface area contributed by atoms with Crippen LogP contribution in [0, 0.1) is 6.92 Å². The number of morpholine rings is 1. The molecule has 2 amide bonds. The summed E-state index contributed by atoms with van der Waals surface area (Å²) >= 11 is 0. The van der Waals surface area contributed by atoms with Crippen LogP contribution in [0.1, 0.15) is 17.2 Å². The maximum Gasteiger partial charge on any atom is 0.322 e. The van der Waals surface area contributed by atoms with E-state index in [9.17, 15) is 4.79 Å². The number of amides is 2. The second-order valence-electron chi connectivity index (χ2n) is 5.88. The Labute approximate surface area is 142 Å². The maximum absolute atomic E-state index is 12.5. The predicted octanol–water partition coefficient (Wildman–Crippen LogP) is 3.61. The van der Waals surface area contributed by atoms with Gasteiger partial charge in [-0.25, -0.2) is 4.79 Å². The molecule has 1 saturated heterocycles. The van der Waals surface area contributed by atoms with Gasteiger partial charge in [0.2, 0.25) is 0 Å². The Balaban J connectivity index is 1.65. The van der Waals surface area contributed by atoms with E-state index in [0.717, 1.165) is 11.3 Å². The quantitative estimate of drug-likeness (QED) is 0.937. The van der Waals surface area contributed by atoms with E-state index < -0.39 is 0 Å². The first-order valence-corrected chi connectivity index (χ1v) is 8.04. The van der Waals surface area contributed by atoms with Crippen LogP contribution in [0.5, 0.6) is 5.75 Å². The Bertz CT molecular complexity index is 700. The molecule has 2 aromatic rings. The number of anilines is 1. The summed E-state index contributed by atoms with van der Waals surface area (Å²) in [6.45, 7) is 3.71. The fraction of sp³-hybridized carbons (Fsp3) is 0.316. The molecule has 1 unspecified atom stereocenters. The average Bonchev–Trinajstić information content (AvgIpc) is 2.62. The number of rotatable bonds is 3. The van der Waals surface area contributed by atoms with Gasteiger partial charge in [0, 0.05) is 18.3 Å². The van der Waals surface area contributed by atoms with Crippen molar-refractivity contribution in [1.29, 1.82) is 0 Å². The molecule has 0 saturated carbocycles. The lowest BCUT2D eigenvalue weighted by Crippen LogP contribution is -2.44. The van der Waals surface area contributed by atoms with Crippen LogP contribution in [0.2, 0.25) is 0 Å². The molecule has 1 fully saturated rings. The lowest BCUT2D eigenvalue weighted by Gasteiger charge is -2.33. The highest BCUT2D eigenvalue weighted by Gasteiger charge is 2.25. The third-order valence-corrected chi connectivity index (χ3v) is 4.12. The van der Waals surface area contributed by atoms with Crippen LogP contribution in [0.15, 0.2) is 48.5 Å². The number of ether oxygens (including phenoxy) is 2. The number of benzene rings is 2. The summed E-state index contributed by atoms with van der Waals surface area (Å²) < 4.78 is 11.0. The van der Waals surface area contributed by atoms with Crippen LogP contribution >= 0.6 is 0 Å². The van der Waals surface area contributed by atoms with Gasteiger partial charge in [-0.2, -0.15) is 0 Å². The van der Waals surface area contributed by atoms with Crippen molar-refractivity contribution < 1.29 is 14.3 Å². The van der Waals surface area contributed by atoms with Crippen molar-refractivity contribution in [1.82, 2.24) is 4.90 Å². The molecule has 24 heavy (non-hydrogen) atoms. The van der Waals surface area contributed by atoms with Crippen LogP contribution in [0.4, 0.5) is 10.5 Å². The fourth-order valence-corrected chi connectivity index (χ4v) is 2.72. The minimum absolute atomic E-state index is 0.0876. The summed E-state index contributed by atoms with van der Waals surface area (Å²) in [5, 5.41) is 2.92. The number of carbonyl (C=O) groups is 1. The molecule has 1 aliphatic rings. The highest BCUT2D eigenvalue weighted by Crippen LogP contribution is 2.23. The molecular weight excluding hydrogens is 304 g/mol. The van der Waals surface area contributed by atoms with Crippen molar-refractivity contribution in [3.63, 3.8) is 0 Å². The number of nitrogens with zero attached hydrogens (tertiary/aromatic N) is 1. The van der Waals surface area contributed by atoms with Gasteiger partial charge in [0.25, 0.3) is 0 Å². The summed E-state index contributed by atoms with van der Waals surface area (Å²) in [6, 6.07) is 15.5. The number of nitrogens with one attached hydrogen (secondary N) is 1. The van der Waals surface area contributed by atoms with Crippen molar-refractivity contribution in [2.75, 3.05) is 32.1 Å². The molecule has 5 nitrogen and oxygen atoms in total. The molecule has 126 valence electrons. The fourth-order valence-electron chi connectivity index (χ4n) is 2.72. The first kappa shape index (κ1) is 16.3. The van der Waals surface area contributed by atoms with E-state index in [0.29, 0.717) is 25.4 Å². The third kappa shape index (κ3) is 3.86. The number of aryl methyl sites for hydroxylation is 1. The lowest BCUT2D eigenvalue weighted by atomic mass is 10.1. The summed E-state index contributed by atoms with van der Waals surface area (Å²) in [4.78, 5) is 14.3. The first-order valence-electron chi connectivity index (χ1n) is 8.04. The summed E-state index contributed by atoms with van der Waals surface area (Å²) in [7, 11) is 1.61. The van der Waals surface area contributed by atoms with Gasteiger partial charge in [-0.1, -0.05) is 35.9 Å². The molecule has 2 aromatic carbocycles. The van der Waals surface area contributed by atoms with Gasteiger partial charge in [-0.3, -0.25) is 0 Å². The zero-order chi connectivity index (χ0) is 16.9. The molecule has 0 spiro atoms. The van der Waals surface area contributed by atoms with E-state index >= 15 is 0 Å². The van der Waals surface area contributed by atoms with E-state index in [1.165, 1.54) is 5.56 Å². The van der Waals surface area contributed by atoms with E-state index in [-0.39, 0.29) is 12.1 Å². The highest BCUT2D eigenvalue weighted by molar-refractivity contribution is 5.89. The smallest absolute Gasteiger partial charge is 0.322 e. The van der Waals surface area contributed by atoms with Gasteiger partial charge in [0.1, 0.15) is 11.9 Å². The maximum atomic E-state index is 12.5. The van der Waals surface area contributed by atoms with Crippen molar-refractivity contribution in [3.05, 3.63) is 59.7 Å². The Kier molecular flexibility index (Phi) is 5.01. The molecule has 0 aliphatic carbocycles. The number of hydrogen-bond donors (Lipinski definition) is 1. The van der Waals surface area contributed by atoms with Gasteiger partial charge in [-0.15, -0.1) is 0 Å². The molecule has 5 heteroatoms. The summed E-state index contributed by atoms with van der Waals surface area (Å²) in [5.74, 6) is 0.715. The lowest BCUT2D eigenvalue weighted by molar-refractivity contribution is -0.0135.